The molecule has 0 radical (unpaired) electrons. The summed E-state index contributed by atoms with van der Waals surface area (Å²) in [7, 11) is 1.53. The maximum Gasteiger partial charge on any atom is 0.271 e. The summed E-state index contributed by atoms with van der Waals surface area (Å²) in [6, 6.07) is 11.1. The average Bonchev–Trinajstić information content (AvgIpc) is 2.65. The van der Waals surface area contributed by atoms with Crippen LogP contribution in [0.15, 0.2) is 42.5 Å². The van der Waals surface area contributed by atoms with Crippen molar-refractivity contribution in [1.29, 1.82) is 0 Å². The molecule has 9 nitrogen and oxygen atoms in total. The lowest BCUT2D eigenvalue weighted by Gasteiger charge is -2.13. The van der Waals surface area contributed by atoms with Crippen molar-refractivity contribution in [2.45, 2.75) is 0 Å². The third-order valence-corrected chi connectivity index (χ3v) is 3.43. The second-order valence-electron chi connectivity index (χ2n) is 5.27. The summed E-state index contributed by atoms with van der Waals surface area (Å²) >= 11 is 0. The molecule has 2 aromatic rings. The van der Waals surface area contributed by atoms with Crippen LogP contribution >= 0.6 is 0 Å². The van der Waals surface area contributed by atoms with E-state index in [2.05, 4.69) is 16.0 Å². The van der Waals surface area contributed by atoms with Gasteiger partial charge in [0.1, 0.15) is 5.75 Å². The van der Waals surface area contributed by atoms with Gasteiger partial charge in [-0.2, -0.15) is 0 Å². The molecular weight excluding hydrogens is 340 g/mol. The van der Waals surface area contributed by atoms with Crippen molar-refractivity contribution in [2.24, 2.45) is 0 Å². The second kappa shape index (κ2) is 9.23. The Morgan fingerprint density at radius 2 is 2.00 bits per heavy atom. The molecule has 0 atom stereocenters. The van der Waals surface area contributed by atoms with Gasteiger partial charge in [0.25, 0.3) is 5.69 Å². The summed E-state index contributed by atoms with van der Waals surface area (Å²) in [5.74, 6) is 0.294. The van der Waals surface area contributed by atoms with Crippen LogP contribution in [0.1, 0.15) is 0 Å². The third kappa shape index (κ3) is 5.35. The van der Waals surface area contributed by atoms with Crippen LogP contribution in [0.3, 0.4) is 0 Å². The number of hydrogen-bond donors (Lipinski definition) is 4. The summed E-state index contributed by atoms with van der Waals surface area (Å²) < 4.78 is 5.10. The van der Waals surface area contributed by atoms with Crippen LogP contribution in [-0.2, 0) is 4.79 Å². The summed E-state index contributed by atoms with van der Waals surface area (Å²) in [6.45, 7) is 0.0986. The highest BCUT2D eigenvalue weighted by molar-refractivity contribution is 5.94. The number of benzene rings is 2. The smallest absolute Gasteiger partial charge is 0.271 e. The van der Waals surface area contributed by atoms with E-state index in [1.807, 2.05) is 0 Å². The lowest BCUT2D eigenvalue weighted by Crippen LogP contribution is -2.22. The molecule has 0 saturated carbocycles. The molecule has 0 aliphatic rings. The molecule has 0 heterocycles. The average molecular weight is 360 g/mol. The Kier molecular flexibility index (Phi) is 6.75. The van der Waals surface area contributed by atoms with E-state index in [4.69, 9.17) is 9.84 Å². The highest BCUT2D eigenvalue weighted by atomic mass is 16.6. The monoisotopic (exact) mass is 360 g/mol. The van der Waals surface area contributed by atoms with Gasteiger partial charge in [0.2, 0.25) is 5.91 Å². The summed E-state index contributed by atoms with van der Waals surface area (Å²) in [4.78, 5) is 22.5. The van der Waals surface area contributed by atoms with Gasteiger partial charge in [-0.25, -0.2) is 0 Å². The number of nitro groups is 1. The van der Waals surface area contributed by atoms with Crippen molar-refractivity contribution < 1.29 is 19.6 Å². The van der Waals surface area contributed by atoms with Crippen molar-refractivity contribution in [2.75, 3.05) is 42.8 Å². The zero-order chi connectivity index (χ0) is 18.9. The number of carbonyl (C=O) groups excluding carboxylic acids is 1. The molecule has 2 aromatic carbocycles. The minimum Gasteiger partial charge on any atom is -0.497 e. The van der Waals surface area contributed by atoms with E-state index in [9.17, 15) is 14.9 Å². The molecule has 2 rings (SSSR count). The van der Waals surface area contributed by atoms with Crippen molar-refractivity contribution in [3.8, 4) is 5.75 Å². The van der Waals surface area contributed by atoms with E-state index < -0.39 is 4.92 Å². The molecule has 0 aliphatic heterocycles. The fourth-order valence-corrected chi connectivity index (χ4v) is 2.22. The van der Waals surface area contributed by atoms with E-state index in [-0.39, 0.29) is 31.3 Å². The zero-order valence-corrected chi connectivity index (χ0v) is 14.2. The Hall–Kier alpha value is -3.33. The van der Waals surface area contributed by atoms with Crippen LogP contribution < -0.4 is 20.7 Å². The van der Waals surface area contributed by atoms with Gasteiger partial charge >= 0.3 is 0 Å². The highest BCUT2D eigenvalue weighted by Gasteiger charge is 2.12. The molecule has 0 spiro atoms. The van der Waals surface area contributed by atoms with Crippen molar-refractivity contribution >= 4 is 28.7 Å². The second-order valence-corrected chi connectivity index (χ2v) is 5.27. The Bertz CT molecular complexity index is 781. The van der Waals surface area contributed by atoms with Gasteiger partial charge in [0.15, 0.2) is 0 Å². The van der Waals surface area contributed by atoms with E-state index in [1.165, 1.54) is 25.3 Å². The van der Waals surface area contributed by atoms with E-state index >= 15 is 0 Å². The quantitative estimate of drug-likeness (QED) is 0.398. The standard InChI is InChI=1S/C17H20N4O5/c1-26-14-4-2-3-12(9-14)20-17(23)11-19-16-10-13(21(24)25)5-6-15(16)18-7-8-22/h2-6,9-10,18-19,22H,7-8,11H2,1H3,(H,20,23). The fourth-order valence-electron chi connectivity index (χ4n) is 2.22. The van der Waals surface area contributed by atoms with E-state index in [1.54, 1.807) is 24.3 Å². The number of anilines is 3. The van der Waals surface area contributed by atoms with Crippen LogP contribution in [0.5, 0.6) is 5.75 Å². The van der Waals surface area contributed by atoms with Gasteiger partial charge < -0.3 is 25.8 Å². The first kappa shape index (κ1) is 19.0. The number of amides is 1. The molecular formula is C17H20N4O5. The predicted octanol–water partition coefficient (Wildman–Crippen LogP) is 2.06. The van der Waals surface area contributed by atoms with Crippen LogP contribution in [0.25, 0.3) is 0 Å². The van der Waals surface area contributed by atoms with Crippen molar-refractivity contribution in [3.05, 3.63) is 52.6 Å². The number of ether oxygens (including phenoxy) is 1. The minimum absolute atomic E-state index is 0.0905. The van der Waals surface area contributed by atoms with Crippen LogP contribution in [0.2, 0.25) is 0 Å². The molecule has 0 bridgehead atoms. The van der Waals surface area contributed by atoms with Gasteiger partial charge in [0.05, 0.1) is 36.6 Å². The largest absolute Gasteiger partial charge is 0.497 e. The lowest BCUT2D eigenvalue weighted by molar-refractivity contribution is -0.384. The Morgan fingerprint density at radius 3 is 2.69 bits per heavy atom. The van der Waals surface area contributed by atoms with E-state index in [0.29, 0.717) is 22.8 Å². The minimum atomic E-state index is -0.517. The van der Waals surface area contributed by atoms with E-state index in [0.717, 1.165) is 0 Å². The van der Waals surface area contributed by atoms with Gasteiger partial charge in [-0.1, -0.05) is 6.07 Å². The number of carbonyl (C=O) groups is 1. The highest BCUT2D eigenvalue weighted by Crippen LogP contribution is 2.27. The maximum absolute atomic E-state index is 12.1. The normalized spacial score (nSPS) is 10.1. The molecule has 0 unspecified atom stereocenters. The van der Waals surface area contributed by atoms with Crippen molar-refractivity contribution in [1.82, 2.24) is 0 Å². The number of aliphatic hydroxyl groups excluding tert-OH is 1. The van der Waals surface area contributed by atoms with Gasteiger partial charge in [-0.15, -0.1) is 0 Å². The van der Waals surface area contributed by atoms with Gasteiger partial charge in [-0.05, 0) is 18.2 Å². The molecule has 0 fully saturated rings. The van der Waals surface area contributed by atoms with Crippen LogP contribution in [0.4, 0.5) is 22.7 Å². The zero-order valence-electron chi connectivity index (χ0n) is 14.2. The molecule has 138 valence electrons. The number of nitrogens with zero attached hydrogens (tertiary/aromatic N) is 1. The molecule has 1 amide bonds. The third-order valence-electron chi connectivity index (χ3n) is 3.43. The van der Waals surface area contributed by atoms with Crippen LogP contribution in [-0.4, -0.2) is 42.7 Å². The topological polar surface area (TPSA) is 126 Å². The first-order valence-corrected chi connectivity index (χ1v) is 7.84. The number of aliphatic hydroxyl groups is 1. The summed E-state index contributed by atoms with van der Waals surface area (Å²) in [5, 5.41) is 28.4. The molecule has 9 heteroatoms. The van der Waals surface area contributed by atoms with Gasteiger partial charge in [0, 0.05) is 30.4 Å². The summed E-state index contributed by atoms with van der Waals surface area (Å²) in [5.41, 5.74) is 1.43. The lowest BCUT2D eigenvalue weighted by atomic mass is 10.2. The Labute approximate surface area is 150 Å². The molecule has 26 heavy (non-hydrogen) atoms. The van der Waals surface area contributed by atoms with Gasteiger partial charge in [-0.3, -0.25) is 14.9 Å². The number of nitrogens with one attached hydrogen (secondary N) is 3. The Morgan fingerprint density at radius 1 is 1.19 bits per heavy atom. The SMILES string of the molecule is COc1cccc(NC(=O)CNc2cc([N+](=O)[O-])ccc2NCCO)c1. The fraction of sp³-hybridized carbons (Fsp3) is 0.235. The van der Waals surface area contributed by atoms with Crippen molar-refractivity contribution in [3.63, 3.8) is 0 Å². The number of hydrogen-bond acceptors (Lipinski definition) is 7. The first-order chi connectivity index (χ1) is 12.5. The molecule has 0 aliphatic carbocycles. The number of methoxy groups -OCH3 is 1. The number of nitro benzene ring substituents is 1. The van der Waals surface area contributed by atoms with Crippen LogP contribution in [0, 0.1) is 10.1 Å². The molecule has 0 saturated heterocycles. The summed E-state index contributed by atoms with van der Waals surface area (Å²) in [6.07, 6.45) is 0. The molecule has 0 aromatic heterocycles. The number of non-ortho nitro benzene ring substituents is 1. The number of rotatable bonds is 9. The maximum atomic E-state index is 12.1. The predicted molar refractivity (Wildman–Crippen MR) is 98.8 cm³/mol. The Balaban J connectivity index is 2.05. The molecule has 4 N–H and O–H groups in total. The first-order valence-electron chi connectivity index (χ1n) is 7.84.